The Labute approximate surface area is 74.1 Å². The smallest absolute Gasteiger partial charge is 0.265 e. The number of aliphatic hydroxyl groups is 1. The number of nitrogens with two attached hydrogens (primary N) is 2. The molecule has 1 amide bonds. The molecule has 2 atom stereocenters. The zero-order valence-corrected chi connectivity index (χ0v) is 6.91. The van der Waals surface area contributed by atoms with Crippen LogP contribution >= 0.6 is 0 Å². The molecule has 0 rings (SSSR count). The lowest BCUT2D eigenvalue weighted by molar-refractivity contribution is -0.119. The SMILES string of the molecule is NC(=O)C(N)CNCC(O)C(F)F. The number of alkyl halides is 2. The molecule has 6 N–H and O–H groups in total. The second-order valence-corrected chi connectivity index (χ2v) is 2.57. The molecule has 0 aliphatic rings. The second-order valence-electron chi connectivity index (χ2n) is 2.57. The quantitative estimate of drug-likeness (QED) is 0.396. The van der Waals surface area contributed by atoms with Gasteiger partial charge in [0.2, 0.25) is 5.91 Å². The molecule has 0 aliphatic heterocycles. The number of amides is 1. The third-order valence-electron chi connectivity index (χ3n) is 1.37. The molecule has 0 aliphatic carbocycles. The summed E-state index contributed by atoms with van der Waals surface area (Å²) in [4.78, 5) is 10.4. The first-order valence-corrected chi connectivity index (χ1v) is 3.67. The van der Waals surface area contributed by atoms with Gasteiger partial charge in [-0.15, -0.1) is 0 Å². The van der Waals surface area contributed by atoms with Crippen molar-refractivity contribution in [2.45, 2.75) is 18.6 Å². The molecule has 0 heterocycles. The molecule has 0 radical (unpaired) electrons. The summed E-state index contributed by atoms with van der Waals surface area (Å²) in [5, 5.41) is 11.0. The zero-order valence-electron chi connectivity index (χ0n) is 6.91. The predicted molar refractivity (Wildman–Crippen MR) is 42.1 cm³/mol. The van der Waals surface area contributed by atoms with Crippen LogP contribution in [0.15, 0.2) is 0 Å². The van der Waals surface area contributed by atoms with Crippen LogP contribution in [-0.2, 0) is 4.79 Å². The van der Waals surface area contributed by atoms with Crippen molar-refractivity contribution in [1.29, 1.82) is 0 Å². The fraction of sp³-hybridized carbons (Fsp3) is 0.833. The standard InChI is InChI=1S/C6H13F2N3O2/c7-5(8)4(12)2-11-1-3(9)6(10)13/h3-5,11-12H,1-2,9H2,(H2,10,13). The maximum atomic E-state index is 11.7. The van der Waals surface area contributed by atoms with Crippen LogP contribution < -0.4 is 16.8 Å². The van der Waals surface area contributed by atoms with E-state index in [1.54, 1.807) is 0 Å². The molecule has 7 heteroatoms. The number of hydrogen-bond acceptors (Lipinski definition) is 4. The van der Waals surface area contributed by atoms with Gasteiger partial charge in [0.05, 0.1) is 6.04 Å². The van der Waals surface area contributed by atoms with Gasteiger partial charge >= 0.3 is 0 Å². The summed E-state index contributed by atoms with van der Waals surface area (Å²) < 4.78 is 23.4. The number of primary amides is 1. The maximum Gasteiger partial charge on any atom is 0.265 e. The third-order valence-corrected chi connectivity index (χ3v) is 1.37. The molecular formula is C6H13F2N3O2. The van der Waals surface area contributed by atoms with Crippen molar-refractivity contribution in [3.63, 3.8) is 0 Å². The van der Waals surface area contributed by atoms with Crippen LogP contribution in [0.25, 0.3) is 0 Å². The van der Waals surface area contributed by atoms with E-state index in [0.29, 0.717) is 0 Å². The van der Waals surface area contributed by atoms with E-state index >= 15 is 0 Å². The minimum atomic E-state index is -2.81. The molecule has 0 spiro atoms. The zero-order chi connectivity index (χ0) is 10.4. The molecule has 2 unspecified atom stereocenters. The Kier molecular flexibility index (Phi) is 5.44. The molecular weight excluding hydrogens is 184 g/mol. The number of nitrogens with one attached hydrogen (secondary N) is 1. The average Bonchev–Trinajstić information content (AvgIpc) is 2.03. The van der Waals surface area contributed by atoms with E-state index in [9.17, 15) is 13.6 Å². The summed E-state index contributed by atoms with van der Waals surface area (Å²) in [6, 6.07) is -0.926. The first-order valence-electron chi connectivity index (χ1n) is 3.67. The van der Waals surface area contributed by atoms with Crippen LogP contribution in [0.3, 0.4) is 0 Å². The van der Waals surface area contributed by atoms with Crippen LogP contribution in [0.5, 0.6) is 0 Å². The largest absolute Gasteiger partial charge is 0.386 e. The van der Waals surface area contributed by atoms with Crippen LogP contribution in [0.1, 0.15) is 0 Å². The van der Waals surface area contributed by atoms with Crippen molar-refractivity contribution in [3.8, 4) is 0 Å². The van der Waals surface area contributed by atoms with E-state index in [4.69, 9.17) is 16.6 Å². The second kappa shape index (κ2) is 5.79. The van der Waals surface area contributed by atoms with E-state index in [2.05, 4.69) is 5.32 Å². The Morgan fingerprint density at radius 1 is 1.46 bits per heavy atom. The van der Waals surface area contributed by atoms with Crippen LogP contribution in [-0.4, -0.2) is 42.7 Å². The normalized spacial score (nSPS) is 15.8. The van der Waals surface area contributed by atoms with Gasteiger partial charge in [-0.25, -0.2) is 8.78 Å². The molecule has 13 heavy (non-hydrogen) atoms. The molecule has 0 saturated carbocycles. The minimum absolute atomic E-state index is 0.0287. The fourth-order valence-electron chi connectivity index (χ4n) is 0.576. The summed E-state index contributed by atoms with van der Waals surface area (Å²) in [6.45, 7) is -0.349. The monoisotopic (exact) mass is 197 g/mol. The van der Waals surface area contributed by atoms with Gasteiger partial charge in [0.15, 0.2) is 0 Å². The van der Waals surface area contributed by atoms with Crippen molar-refractivity contribution in [2.24, 2.45) is 11.5 Å². The fourth-order valence-corrected chi connectivity index (χ4v) is 0.576. The number of carbonyl (C=O) groups excluding carboxylic acids is 1. The number of rotatable bonds is 6. The van der Waals surface area contributed by atoms with E-state index in [1.807, 2.05) is 0 Å². The van der Waals surface area contributed by atoms with E-state index in [1.165, 1.54) is 0 Å². The van der Waals surface area contributed by atoms with Gasteiger partial charge < -0.3 is 21.9 Å². The summed E-state index contributed by atoms with van der Waals surface area (Å²) >= 11 is 0. The van der Waals surface area contributed by atoms with E-state index in [0.717, 1.165) is 0 Å². The minimum Gasteiger partial charge on any atom is -0.386 e. The van der Waals surface area contributed by atoms with Crippen molar-refractivity contribution in [1.82, 2.24) is 5.32 Å². The lowest BCUT2D eigenvalue weighted by Gasteiger charge is -2.12. The van der Waals surface area contributed by atoms with Crippen molar-refractivity contribution < 1.29 is 18.7 Å². The highest BCUT2D eigenvalue weighted by molar-refractivity contribution is 5.79. The Morgan fingerprint density at radius 2 is 2.00 bits per heavy atom. The van der Waals surface area contributed by atoms with Gasteiger partial charge in [-0.2, -0.15) is 0 Å². The highest BCUT2D eigenvalue weighted by Crippen LogP contribution is 1.97. The van der Waals surface area contributed by atoms with Crippen LogP contribution in [0.2, 0.25) is 0 Å². The summed E-state index contributed by atoms with van der Waals surface area (Å²) in [5.74, 6) is -0.723. The molecule has 5 nitrogen and oxygen atoms in total. The maximum absolute atomic E-state index is 11.7. The van der Waals surface area contributed by atoms with Gasteiger partial charge in [0.1, 0.15) is 6.10 Å². The van der Waals surface area contributed by atoms with Gasteiger partial charge in [-0.05, 0) is 0 Å². The number of carbonyl (C=O) groups is 1. The van der Waals surface area contributed by atoms with Crippen molar-refractivity contribution >= 4 is 5.91 Å². The molecule has 0 aromatic heterocycles. The van der Waals surface area contributed by atoms with Crippen LogP contribution in [0.4, 0.5) is 8.78 Å². The molecule has 78 valence electrons. The highest BCUT2D eigenvalue weighted by Gasteiger charge is 2.16. The van der Waals surface area contributed by atoms with Gasteiger partial charge in [-0.1, -0.05) is 0 Å². The molecule has 0 saturated heterocycles. The average molecular weight is 197 g/mol. The topological polar surface area (TPSA) is 101 Å². The molecule has 0 fully saturated rings. The highest BCUT2D eigenvalue weighted by atomic mass is 19.3. The van der Waals surface area contributed by atoms with Gasteiger partial charge in [-0.3, -0.25) is 4.79 Å². The lowest BCUT2D eigenvalue weighted by Crippen LogP contribution is -2.46. The number of aliphatic hydroxyl groups excluding tert-OH is 1. The Morgan fingerprint density at radius 3 is 2.38 bits per heavy atom. The molecule has 0 aromatic rings. The Hall–Kier alpha value is -0.790. The van der Waals surface area contributed by atoms with Crippen molar-refractivity contribution in [3.05, 3.63) is 0 Å². The van der Waals surface area contributed by atoms with E-state index in [-0.39, 0.29) is 13.1 Å². The van der Waals surface area contributed by atoms with Crippen LogP contribution in [0, 0.1) is 0 Å². The Bertz CT molecular complexity index is 168. The van der Waals surface area contributed by atoms with E-state index < -0.39 is 24.5 Å². The first kappa shape index (κ1) is 12.2. The lowest BCUT2D eigenvalue weighted by atomic mass is 10.3. The number of hydrogen-bond donors (Lipinski definition) is 4. The summed E-state index contributed by atoms with van der Waals surface area (Å²) in [6.07, 6.45) is -4.56. The summed E-state index contributed by atoms with van der Waals surface area (Å²) in [7, 11) is 0. The van der Waals surface area contributed by atoms with Gasteiger partial charge in [0, 0.05) is 13.1 Å². The predicted octanol–water partition coefficient (Wildman–Crippen LogP) is -1.99. The molecule has 0 bridgehead atoms. The third kappa shape index (κ3) is 5.45. The van der Waals surface area contributed by atoms with Gasteiger partial charge in [0.25, 0.3) is 6.43 Å². The first-order chi connectivity index (χ1) is 5.95. The number of halogens is 2. The van der Waals surface area contributed by atoms with Crippen molar-refractivity contribution in [2.75, 3.05) is 13.1 Å². The molecule has 0 aromatic carbocycles. The Balaban J connectivity index is 3.50. The summed E-state index contributed by atoms with van der Waals surface area (Å²) in [5.41, 5.74) is 9.97.